The Balaban J connectivity index is 1.36. The number of carbonyl (C=O) groups excluding carboxylic acids is 1. The van der Waals surface area contributed by atoms with Crippen LogP contribution < -0.4 is 10.6 Å². The fraction of sp³-hybridized carbons (Fsp3) is 0.950. The van der Waals surface area contributed by atoms with Gasteiger partial charge in [-0.2, -0.15) is 0 Å². The molecule has 2 N–H and O–H groups in total. The van der Waals surface area contributed by atoms with Crippen LogP contribution in [0.1, 0.15) is 78.1 Å². The molecule has 0 heterocycles. The van der Waals surface area contributed by atoms with Crippen LogP contribution in [0.15, 0.2) is 0 Å². The van der Waals surface area contributed by atoms with Crippen molar-refractivity contribution in [3.8, 4) is 0 Å². The maximum absolute atomic E-state index is 12.8. The van der Waals surface area contributed by atoms with Gasteiger partial charge >= 0.3 is 0 Å². The lowest BCUT2D eigenvalue weighted by Crippen LogP contribution is -2.62. The van der Waals surface area contributed by atoms with Crippen LogP contribution >= 0.6 is 0 Å². The summed E-state index contributed by atoms with van der Waals surface area (Å²) in [6, 6.07) is 0.481. The van der Waals surface area contributed by atoms with E-state index in [1.54, 1.807) is 0 Å². The molecular weight excluding hydrogens is 284 g/mol. The van der Waals surface area contributed by atoms with Gasteiger partial charge in [0.25, 0.3) is 0 Å². The molecule has 0 aromatic carbocycles. The van der Waals surface area contributed by atoms with Gasteiger partial charge in [0.05, 0.1) is 6.04 Å². The van der Waals surface area contributed by atoms with Crippen molar-refractivity contribution in [1.82, 2.24) is 10.6 Å². The summed E-state index contributed by atoms with van der Waals surface area (Å²) in [7, 11) is 0. The molecule has 0 aliphatic heterocycles. The van der Waals surface area contributed by atoms with Crippen LogP contribution in [0.2, 0.25) is 0 Å². The van der Waals surface area contributed by atoms with E-state index >= 15 is 0 Å². The Morgan fingerprint density at radius 3 is 2.13 bits per heavy atom. The predicted octanol–water partition coefficient (Wildman–Crippen LogP) is 3.63. The van der Waals surface area contributed by atoms with Gasteiger partial charge in [-0.05, 0) is 82.0 Å². The molecule has 5 fully saturated rings. The molecule has 0 aromatic heterocycles. The van der Waals surface area contributed by atoms with E-state index in [0.717, 1.165) is 17.8 Å². The molecule has 23 heavy (non-hydrogen) atoms. The Hall–Kier alpha value is -0.570. The Morgan fingerprint density at radius 1 is 1.00 bits per heavy atom. The summed E-state index contributed by atoms with van der Waals surface area (Å²) in [5.41, 5.74) is 0.153. The molecule has 0 spiro atoms. The Labute approximate surface area is 141 Å². The third-order valence-corrected chi connectivity index (χ3v) is 7.40. The van der Waals surface area contributed by atoms with Gasteiger partial charge in [0.2, 0.25) is 5.91 Å². The number of nitrogens with one attached hydrogen (secondary N) is 2. The molecule has 5 saturated carbocycles. The lowest BCUT2D eigenvalue weighted by atomic mass is 9.53. The number of carbonyl (C=O) groups is 1. The van der Waals surface area contributed by atoms with Crippen LogP contribution in [-0.2, 0) is 4.79 Å². The molecule has 5 rings (SSSR count). The smallest absolute Gasteiger partial charge is 0.237 e. The molecule has 3 heteroatoms. The Kier molecular flexibility index (Phi) is 4.19. The van der Waals surface area contributed by atoms with E-state index < -0.39 is 0 Å². The molecule has 5 aliphatic rings. The number of hydrogen-bond donors (Lipinski definition) is 2. The van der Waals surface area contributed by atoms with Crippen molar-refractivity contribution < 1.29 is 4.79 Å². The van der Waals surface area contributed by atoms with Gasteiger partial charge in [0.1, 0.15) is 0 Å². The van der Waals surface area contributed by atoms with Crippen LogP contribution in [0.3, 0.4) is 0 Å². The first kappa shape index (κ1) is 15.9. The first-order valence-corrected chi connectivity index (χ1v) is 10.1. The van der Waals surface area contributed by atoms with Crippen molar-refractivity contribution in [2.75, 3.05) is 0 Å². The van der Waals surface area contributed by atoms with Gasteiger partial charge in [-0.25, -0.2) is 0 Å². The van der Waals surface area contributed by atoms with Crippen molar-refractivity contribution in [2.24, 2.45) is 23.7 Å². The third kappa shape index (κ3) is 3.18. The SMILES string of the molecule is CC(NC1CCCCC1C)C(=O)NC12CC3CC(CC(C3)C1)C2. The lowest BCUT2D eigenvalue weighted by molar-refractivity contribution is -0.128. The molecule has 0 radical (unpaired) electrons. The molecule has 5 aliphatic carbocycles. The summed E-state index contributed by atoms with van der Waals surface area (Å²) in [5, 5.41) is 7.17. The maximum atomic E-state index is 12.8. The predicted molar refractivity (Wildman–Crippen MR) is 93.1 cm³/mol. The van der Waals surface area contributed by atoms with Crippen molar-refractivity contribution >= 4 is 5.91 Å². The highest BCUT2D eigenvalue weighted by Crippen LogP contribution is 2.55. The van der Waals surface area contributed by atoms with Crippen LogP contribution in [0.4, 0.5) is 0 Å². The summed E-state index contributed by atoms with van der Waals surface area (Å²) >= 11 is 0. The van der Waals surface area contributed by atoms with E-state index in [1.165, 1.54) is 64.2 Å². The van der Waals surface area contributed by atoms with Crippen molar-refractivity contribution in [3.63, 3.8) is 0 Å². The van der Waals surface area contributed by atoms with E-state index in [9.17, 15) is 4.79 Å². The van der Waals surface area contributed by atoms with Gasteiger partial charge in [-0.3, -0.25) is 4.79 Å². The summed E-state index contributed by atoms with van der Waals surface area (Å²) in [5.74, 6) is 3.64. The topological polar surface area (TPSA) is 41.1 Å². The second kappa shape index (κ2) is 6.06. The average Bonchev–Trinajstić information content (AvgIpc) is 2.47. The van der Waals surface area contributed by atoms with Crippen molar-refractivity contribution in [1.29, 1.82) is 0 Å². The molecule has 1 amide bonds. The monoisotopic (exact) mass is 318 g/mol. The number of hydrogen-bond acceptors (Lipinski definition) is 2. The van der Waals surface area contributed by atoms with E-state index in [0.29, 0.717) is 12.0 Å². The minimum absolute atomic E-state index is 0.0476. The van der Waals surface area contributed by atoms with E-state index in [2.05, 4.69) is 24.5 Å². The first-order chi connectivity index (χ1) is 11.0. The van der Waals surface area contributed by atoms with Gasteiger partial charge < -0.3 is 10.6 Å². The third-order valence-electron chi connectivity index (χ3n) is 7.40. The van der Waals surface area contributed by atoms with Gasteiger partial charge in [0.15, 0.2) is 0 Å². The summed E-state index contributed by atoms with van der Waals surface area (Å²) in [4.78, 5) is 12.8. The van der Waals surface area contributed by atoms with Gasteiger partial charge in [-0.15, -0.1) is 0 Å². The Morgan fingerprint density at radius 2 is 1.57 bits per heavy atom. The van der Waals surface area contributed by atoms with E-state index in [1.807, 2.05) is 0 Å². The summed E-state index contributed by atoms with van der Waals surface area (Å²) in [6.45, 7) is 4.40. The molecule has 3 unspecified atom stereocenters. The highest BCUT2D eigenvalue weighted by atomic mass is 16.2. The summed E-state index contributed by atoms with van der Waals surface area (Å²) in [6.07, 6.45) is 13.2. The summed E-state index contributed by atoms with van der Waals surface area (Å²) < 4.78 is 0. The highest BCUT2D eigenvalue weighted by Gasteiger charge is 2.51. The zero-order valence-electron chi connectivity index (χ0n) is 14.9. The minimum Gasteiger partial charge on any atom is -0.349 e. The number of rotatable bonds is 4. The largest absolute Gasteiger partial charge is 0.349 e. The molecular formula is C20H34N2O. The van der Waals surface area contributed by atoms with Crippen LogP contribution in [-0.4, -0.2) is 23.5 Å². The molecule has 4 bridgehead atoms. The number of amides is 1. The van der Waals surface area contributed by atoms with Gasteiger partial charge in [0, 0.05) is 11.6 Å². The standard InChI is InChI=1S/C20H34N2O/c1-13-5-3-4-6-18(13)21-14(2)19(23)22-20-10-15-7-16(11-20)9-17(8-15)12-20/h13-18,21H,3-12H2,1-2H3,(H,22,23). The fourth-order valence-electron chi connectivity index (χ4n) is 6.59. The molecule has 3 atom stereocenters. The molecule has 3 nitrogen and oxygen atoms in total. The lowest BCUT2D eigenvalue weighted by Gasteiger charge is -2.57. The normalized spacial score (nSPS) is 46.6. The average molecular weight is 319 g/mol. The van der Waals surface area contributed by atoms with Crippen molar-refractivity contribution in [3.05, 3.63) is 0 Å². The quantitative estimate of drug-likeness (QED) is 0.831. The first-order valence-electron chi connectivity index (χ1n) is 10.1. The highest BCUT2D eigenvalue weighted by molar-refractivity contribution is 5.82. The maximum Gasteiger partial charge on any atom is 0.237 e. The second-order valence-corrected chi connectivity index (χ2v) is 9.44. The molecule has 0 aromatic rings. The van der Waals surface area contributed by atoms with E-state index in [-0.39, 0.29) is 17.5 Å². The zero-order valence-corrected chi connectivity index (χ0v) is 14.9. The van der Waals surface area contributed by atoms with E-state index in [4.69, 9.17) is 0 Å². The molecule has 130 valence electrons. The van der Waals surface area contributed by atoms with Crippen LogP contribution in [0.25, 0.3) is 0 Å². The molecule has 0 saturated heterocycles. The second-order valence-electron chi connectivity index (χ2n) is 9.44. The Bertz CT molecular complexity index is 425. The van der Waals surface area contributed by atoms with Gasteiger partial charge in [-0.1, -0.05) is 19.8 Å². The van der Waals surface area contributed by atoms with Crippen molar-refractivity contribution in [2.45, 2.75) is 95.7 Å². The van der Waals surface area contributed by atoms with Crippen LogP contribution in [0.5, 0.6) is 0 Å². The zero-order chi connectivity index (χ0) is 16.0. The fourth-order valence-corrected chi connectivity index (χ4v) is 6.59. The minimum atomic E-state index is -0.0476. The van der Waals surface area contributed by atoms with Crippen LogP contribution in [0, 0.1) is 23.7 Å².